The number of hydrogen-bond donors (Lipinski definition) is 0. The van der Waals surface area contributed by atoms with E-state index in [9.17, 15) is 4.79 Å². The standard InChI is InChI=1S/C10H18O/c1-3-8-5-6-10(11)7-9(8)4-2/h8-9H,3-7H2,1-2H3. The molecular formula is C10H18O. The first-order valence-corrected chi connectivity index (χ1v) is 4.79. The van der Waals surface area contributed by atoms with Crippen LogP contribution in [-0.4, -0.2) is 5.78 Å². The first-order chi connectivity index (χ1) is 5.27. The number of carbonyl (C=O) groups is 1. The molecule has 0 saturated heterocycles. The van der Waals surface area contributed by atoms with Gasteiger partial charge in [0, 0.05) is 12.8 Å². The summed E-state index contributed by atoms with van der Waals surface area (Å²) in [5.41, 5.74) is 0. The third-order valence-corrected chi connectivity index (χ3v) is 3.00. The van der Waals surface area contributed by atoms with Gasteiger partial charge in [0.2, 0.25) is 0 Å². The smallest absolute Gasteiger partial charge is 0.133 e. The van der Waals surface area contributed by atoms with Gasteiger partial charge in [0.15, 0.2) is 0 Å². The second kappa shape index (κ2) is 3.89. The van der Waals surface area contributed by atoms with E-state index in [2.05, 4.69) is 13.8 Å². The van der Waals surface area contributed by atoms with Gasteiger partial charge in [0.1, 0.15) is 5.78 Å². The molecule has 0 aromatic heterocycles. The van der Waals surface area contributed by atoms with E-state index in [1.807, 2.05) is 0 Å². The Morgan fingerprint density at radius 3 is 2.45 bits per heavy atom. The van der Waals surface area contributed by atoms with Crippen molar-refractivity contribution in [2.24, 2.45) is 11.8 Å². The SMILES string of the molecule is CCC1CCC(=O)CC1CC. The van der Waals surface area contributed by atoms with Crippen molar-refractivity contribution in [3.8, 4) is 0 Å². The molecule has 1 heteroatoms. The number of Topliss-reactive ketones (excluding diaryl/α,β-unsaturated/α-hetero) is 1. The van der Waals surface area contributed by atoms with Crippen LogP contribution < -0.4 is 0 Å². The van der Waals surface area contributed by atoms with Crippen LogP contribution in [0.15, 0.2) is 0 Å². The topological polar surface area (TPSA) is 17.1 Å². The summed E-state index contributed by atoms with van der Waals surface area (Å²) in [5, 5.41) is 0. The summed E-state index contributed by atoms with van der Waals surface area (Å²) in [6, 6.07) is 0. The van der Waals surface area contributed by atoms with Gasteiger partial charge in [0.25, 0.3) is 0 Å². The minimum atomic E-state index is 0.488. The van der Waals surface area contributed by atoms with Crippen LogP contribution in [0.4, 0.5) is 0 Å². The number of hydrogen-bond acceptors (Lipinski definition) is 1. The predicted molar refractivity (Wildman–Crippen MR) is 46.4 cm³/mol. The van der Waals surface area contributed by atoms with Gasteiger partial charge < -0.3 is 0 Å². The highest BCUT2D eigenvalue weighted by molar-refractivity contribution is 5.79. The van der Waals surface area contributed by atoms with Crippen molar-refractivity contribution < 1.29 is 4.79 Å². The first kappa shape index (κ1) is 8.76. The van der Waals surface area contributed by atoms with Crippen molar-refractivity contribution in [2.45, 2.75) is 46.0 Å². The van der Waals surface area contributed by atoms with Gasteiger partial charge in [0.05, 0.1) is 0 Å². The molecule has 64 valence electrons. The summed E-state index contributed by atoms with van der Waals surface area (Å²) in [5.74, 6) is 2.01. The Morgan fingerprint density at radius 2 is 1.91 bits per heavy atom. The van der Waals surface area contributed by atoms with Crippen LogP contribution in [0.3, 0.4) is 0 Å². The molecule has 1 aliphatic carbocycles. The van der Waals surface area contributed by atoms with E-state index in [1.165, 1.54) is 12.8 Å². The zero-order valence-corrected chi connectivity index (χ0v) is 7.60. The highest BCUT2D eigenvalue weighted by Crippen LogP contribution is 2.32. The van der Waals surface area contributed by atoms with Gasteiger partial charge in [-0.3, -0.25) is 4.79 Å². The van der Waals surface area contributed by atoms with Crippen molar-refractivity contribution in [3.63, 3.8) is 0 Å². The van der Waals surface area contributed by atoms with Gasteiger partial charge in [-0.25, -0.2) is 0 Å². The second-order valence-corrected chi connectivity index (χ2v) is 3.62. The highest BCUT2D eigenvalue weighted by atomic mass is 16.1. The molecular weight excluding hydrogens is 136 g/mol. The molecule has 0 bridgehead atoms. The van der Waals surface area contributed by atoms with Crippen LogP contribution >= 0.6 is 0 Å². The zero-order chi connectivity index (χ0) is 8.27. The van der Waals surface area contributed by atoms with Crippen molar-refractivity contribution in [1.29, 1.82) is 0 Å². The maximum Gasteiger partial charge on any atom is 0.133 e. The maximum atomic E-state index is 11.1. The summed E-state index contributed by atoms with van der Waals surface area (Å²) in [4.78, 5) is 11.1. The Balaban J connectivity index is 2.48. The number of ketones is 1. The Labute approximate surface area is 69.2 Å². The molecule has 1 saturated carbocycles. The van der Waals surface area contributed by atoms with Crippen molar-refractivity contribution >= 4 is 5.78 Å². The molecule has 0 aliphatic heterocycles. The van der Waals surface area contributed by atoms with Gasteiger partial charge in [-0.05, 0) is 18.3 Å². The first-order valence-electron chi connectivity index (χ1n) is 4.79. The van der Waals surface area contributed by atoms with Gasteiger partial charge >= 0.3 is 0 Å². The molecule has 1 aliphatic rings. The molecule has 0 aromatic rings. The largest absolute Gasteiger partial charge is 0.300 e. The molecule has 0 radical (unpaired) electrons. The summed E-state index contributed by atoms with van der Waals surface area (Å²) in [7, 11) is 0. The minimum absolute atomic E-state index is 0.488. The Hall–Kier alpha value is -0.330. The van der Waals surface area contributed by atoms with Crippen LogP contribution in [0.25, 0.3) is 0 Å². The zero-order valence-electron chi connectivity index (χ0n) is 7.60. The maximum absolute atomic E-state index is 11.1. The average molecular weight is 154 g/mol. The van der Waals surface area contributed by atoms with Crippen LogP contribution in [0.5, 0.6) is 0 Å². The van der Waals surface area contributed by atoms with E-state index >= 15 is 0 Å². The van der Waals surface area contributed by atoms with Crippen LogP contribution in [0, 0.1) is 11.8 Å². The van der Waals surface area contributed by atoms with E-state index in [1.54, 1.807) is 0 Å². The molecule has 0 aromatic carbocycles. The summed E-state index contributed by atoms with van der Waals surface area (Å²) >= 11 is 0. The van der Waals surface area contributed by atoms with E-state index in [0.29, 0.717) is 11.7 Å². The lowest BCUT2D eigenvalue weighted by molar-refractivity contribution is -0.122. The molecule has 11 heavy (non-hydrogen) atoms. The monoisotopic (exact) mass is 154 g/mol. The van der Waals surface area contributed by atoms with Crippen LogP contribution in [-0.2, 0) is 4.79 Å². The molecule has 1 fully saturated rings. The lowest BCUT2D eigenvalue weighted by atomic mass is 9.76. The Bertz CT molecular complexity index is 140. The number of rotatable bonds is 2. The fourth-order valence-corrected chi connectivity index (χ4v) is 2.16. The molecule has 0 heterocycles. The van der Waals surface area contributed by atoms with E-state index in [4.69, 9.17) is 0 Å². The van der Waals surface area contributed by atoms with Gasteiger partial charge in [-0.2, -0.15) is 0 Å². The number of carbonyl (C=O) groups excluding carboxylic acids is 1. The third kappa shape index (κ3) is 2.05. The molecule has 0 N–H and O–H groups in total. The third-order valence-electron chi connectivity index (χ3n) is 3.00. The summed E-state index contributed by atoms with van der Waals surface area (Å²) in [6.45, 7) is 4.44. The lowest BCUT2D eigenvalue weighted by Crippen LogP contribution is -2.23. The predicted octanol–water partition coefficient (Wildman–Crippen LogP) is 2.79. The normalized spacial score (nSPS) is 32.4. The minimum Gasteiger partial charge on any atom is -0.300 e. The fraction of sp³-hybridized carbons (Fsp3) is 0.900. The van der Waals surface area contributed by atoms with Gasteiger partial charge in [-0.15, -0.1) is 0 Å². The van der Waals surface area contributed by atoms with Crippen molar-refractivity contribution in [1.82, 2.24) is 0 Å². The molecule has 2 unspecified atom stereocenters. The van der Waals surface area contributed by atoms with Crippen molar-refractivity contribution in [3.05, 3.63) is 0 Å². The molecule has 1 nitrogen and oxygen atoms in total. The quantitative estimate of drug-likeness (QED) is 0.597. The molecule has 0 amide bonds. The molecule has 1 rings (SSSR count). The lowest BCUT2D eigenvalue weighted by Gasteiger charge is -2.28. The van der Waals surface area contributed by atoms with E-state index in [0.717, 1.165) is 25.2 Å². The molecule has 0 spiro atoms. The van der Waals surface area contributed by atoms with Crippen molar-refractivity contribution in [2.75, 3.05) is 0 Å². The Morgan fingerprint density at radius 1 is 1.27 bits per heavy atom. The van der Waals surface area contributed by atoms with Crippen LogP contribution in [0.2, 0.25) is 0 Å². The highest BCUT2D eigenvalue weighted by Gasteiger charge is 2.26. The fourth-order valence-electron chi connectivity index (χ4n) is 2.16. The van der Waals surface area contributed by atoms with E-state index in [-0.39, 0.29) is 0 Å². The Kier molecular flexibility index (Phi) is 3.10. The van der Waals surface area contributed by atoms with E-state index < -0.39 is 0 Å². The summed E-state index contributed by atoms with van der Waals surface area (Å²) < 4.78 is 0. The second-order valence-electron chi connectivity index (χ2n) is 3.62. The molecule has 2 atom stereocenters. The van der Waals surface area contributed by atoms with Crippen LogP contribution in [0.1, 0.15) is 46.0 Å². The summed E-state index contributed by atoms with van der Waals surface area (Å²) in [6.07, 6.45) is 5.29. The van der Waals surface area contributed by atoms with Gasteiger partial charge in [-0.1, -0.05) is 26.7 Å². The average Bonchev–Trinajstić information content (AvgIpc) is 2.04.